The molecule has 1 saturated heterocycles. The maximum Gasteiger partial charge on any atom is 0.316 e. The smallest absolute Gasteiger partial charge is 0.316 e. The molecule has 1 rings (SSSR count). The number of ether oxygens (including phenoxy) is 2. The molecule has 0 spiro atoms. The van der Waals surface area contributed by atoms with Gasteiger partial charge >= 0.3 is 5.97 Å². The molecule has 0 saturated carbocycles. The first kappa shape index (κ1) is 29.7. The van der Waals surface area contributed by atoms with Gasteiger partial charge in [-0.2, -0.15) is 0 Å². The van der Waals surface area contributed by atoms with E-state index in [1.54, 1.807) is 34.8 Å². The van der Waals surface area contributed by atoms with Crippen LogP contribution in [0.25, 0.3) is 0 Å². The minimum Gasteiger partial charge on any atom is -0.459 e. The van der Waals surface area contributed by atoms with Gasteiger partial charge in [0, 0.05) is 30.8 Å². The number of Topliss-reactive ketones (excluding diaryl/α,β-unsaturated/α-hetero) is 2. The molecule has 0 amide bonds. The lowest BCUT2D eigenvalue weighted by Crippen LogP contribution is -2.57. The molecule has 2 N–H and O–H groups in total. The Hall–Kier alpha value is -1.31. The van der Waals surface area contributed by atoms with Gasteiger partial charge in [0.1, 0.15) is 29.2 Å². The maximum atomic E-state index is 13.5. The van der Waals surface area contributed by atoms with Gasteiger partial charge in [-0.3, -0.25) is 14.4 Å². The standard InChI is InChI=1S/C26H46O7/c1-12-18-26(10,31)22(29)16(4)19(27)14(2)13-25(9,32-11)21(24(6,7)8)15(3)20(28)17(5)23(30)33-18/h14-18,21-22,29,31H,12-13H2,1-11H3/t14-,15?,16+,17-,18-,21+,22-,25-,26-/m1/s1. The average Bonchev–Trinajstić information content (AvgIpc) is 2.72. The second kappa shape index (κ2) is 10.5. The number of hydrogen-bond donors (Lipinski definition) is 2. The second-order valence-electron chi connectivity index (χ2n) is 11.6. The maximum absolute atomic E-state index is 13.5. The molecule has 1 unspecified atom stereocenters. The van der Waals surface area contributed by atoms with Crippen LogP contribution in [0.4, 0.5) is 0 Å². The fourth-order valence-electron chi connectivity index (χ4n) is 6.07. The average molecular weight is 471 g/mol. The number of aliphatic hydroxyl groups is 2. The van der Waals surface area contributed by atoms with Crippen LogP contribution >= 0.6 is 0 Å². The molecule has 192 valence electrons. The van der Waals surface area contributed by atoms with Crippen LogP contribution in [0.1, 0.15) is 82.1 Å². The fourth-order valence-corrected chi connectivity index (χ4v) is 6.07. The van der Waals surface area contributed by atoms with Gasteiger partial charge in [0.05, 0.1) is 11.7 Å². The summed E-state index contributed by atoms with van der Waals surface area (Å²) in [5.74, 6) is -4.53. The van der Waals surface area contributed by atoms with Crippen LogP contribution in [-0.2, 0) is 23.9 Å². The summed E-state index contributed by atoms with van der Waals surface area (Å²) >= 11 is 0. The fraction of sp³-hybridized carbons (Fsp3) is 0.885. The zero-order valence-electron chi connectivity index (χ0n) is 22.4. The highest BCUT2D eigenvalue weighted by Crippen LogP contribution is 2.46. The molecule has 0 radical (unpaired) electrons. The molecule has 1 aliphatic heterocycles. The summed E-state index contributed by atoms with van der Waals surface area (Å²) < 4.78 is 11.5. The topological polar surface area (TPSA) is 110 Å². The molecule has 1 fully saturated rings. The summed E-state index contributed by atoms with van der Waals surface area (Å²) in [7, 11) is 1.57. The van der Waals surface area contributed by atoms with Crippen molar-refractivity contribution in [2.24, 2.45) is 35.0 Å². The second-order valence-corrected chi connectivity index (χ2v) is 11.6. The highest BCUT2D eigenvalue weighted by atomic mass is 16.6. The van der Waals surface area contributed by atoms with Crippen molar-refractivity contribution < 1.29 is 34.1 Å². The number of aliphatic hydroxyl groups excluding tert-OH is 1. The van der Waals surface area contributed by atoms with E-state index >= 15 is 0 Å². The zero-order valence-corrected chi connectivity index (χ0v) is 22.4. The van der Waals surface area contributed by atoms with Crippen LogP contribution in [0.2, 0.25) is 0 Å². The molecule has 33 heavy (non-hydrogen) atoms. The molecule has 7 heteroatoms. The minimum atomic E-state index is -1.86. The molecule has 0 aromatic carbocycles. The van der Waals surface area contributed by atoms with Crippen LogP contribution in [0.15, 0.2) is 0 Å². The van der Waals surface area contributed by atoms with Gasteiger partial charge in [-0.1, -0.05) is 48.5 Å². The number of hydrogen-bond acceptors (Lipinski definition) is 7. The van der Waals surface area contributed by atoms with E-state index in [9.17, 15) is 24.6 Å². The summed E-state index contributed by atoms with van der Waals surface area (Å²) in [6.45, 7) is 17.7. The van der Waals surface area contributed by atoms with Crippen molar-refractivity contribution in [2.45, 2.75) is 105 Å². The van der Waals surface area contributed by atoms with Crippen LogP contribution in [-0.4, -0.2) is 58.3 Å². The Bertz CT molecular complexity index is 723. The molecule has 0 aromatic heterocycles. The van der Waals surface area contributed by atoms with E-state index < -0.39 is 53.1 Å². The first-order valence-corrected chi connectivity index (χ1v) is 12.1. The number of carbonyl (C=O) groups excluding carboxylic acids is 3. The Morgan fingerprint density at radius 3 is 1.97 bits per heavy atom. The van der Waals surface area contributed by atoms with Gasteiger partial charge in [-0.05, 0) is 39.0 Å². The van der Waals surface area contributed by atoms with E-state index in [1.165, 1.54) is 13.8 Å². The Balaban J connectivity index is 3.69. The number of cyclic esters (lactones) is 1. The molecule has 0 bridgehead atoms. The zero-order chi connectivity index (χ0) is 26.1. The molecule has 7 nitrogen and oxygen atoms in total. The highest BCUT2D eigenvalue weighted by Gasteiger charge is 2.51. The number of rotatable bonds is 2. The van der Waals surface area contributed by atoms with Gasteiger partial charge in [0.15, 0.2) is 0 Å². The minimum absolute atomic E-state index is 0.217. The normalized spacial score (nSPS) is 42.6. The number of esters is 1. The lowest BCUT2D eigenvalue weighted by molar-refractivity contribution is -0.191. The van der Waals surface area contributed by atoms with Gasteiger partial charge in [-0.25, -0.2) is 0 Å². The van der Waals surface area contributed by atoms with Crippen molar-refractivity contribution in [1.29, 1.82) is 0 Å². The van der Waals surface area contributed by atoms with E-state index in [0.717, 1.165) is 0 Å². The largest absolute Gasteiger partial charge is 0.459 e. The van der Waals surface area contributed by atoms with Gasteiger partial charge < -0.3 is 19.7 Å². The van der Waals surface area contributed by atoms with Crippen LogP contribution in [0, 0.1) is 35.0 Å². The van der Waals surface area contributed by atoms with E-state index in [2.05, 4.69) is 0 Å². The van der Waals surface area contributed by atoms with Gasteiger partial charge in [-0.15, -0.1) is 0 Å². The van der Waals surface area contributed by atoms with Crippen molar-refractivity contribution in [3.05, 3.63) is 0 Å². The Morgan fingerprint density at radius 2 is 1.55 bits per heavy atom. The molecular formula is C26H46O7. The van der Waals surface area contributed by atoms with E-state index in [-0.39, 0.29) is 29.3 Å². The predicted molar refractivity (Wildman–Crippen MR) is 126 cm³/mol. The monoisotopic (exact) mass is 470 g/mol. The van der Waals surface area contributed by atoms with Crippen molar-refractivity contribution in [2.75, 3.05) is 7.11 Å². The summed E-state index contributed by atoms with van der Waals surface area (Å²) in [6.07, 6.45) is -1.97. The Morgan fingerprint density at radius 1 is 1.03 bits per heavy atom. The first-order chi connectivity index (χ1) is 14.9. The van der Waals surface area contributed by atoms with Crippen LogP contribution in [0.3, 0.4) is 0 Å². The third kappa shape index (κ3) is 6.04. The van der Waals surface area contributed by atoms with Gasteiger partial charge in [0.25, 0.3) is 0 Å². The Kier molecular flexibility index (Phi) is 9.48. The highest BCUT2D eigenvalue weighted by molar-refractivity contribution is 6.00. The van der Waals surface area contributed by atoms with E-state index in [0.29, 0.717) is 6.42 Å². The van der Waals surface area contributed by atoms with E-state index in [1.807, 2.05) is 27.7 Å². The molecule has 1 heterocycles. The number of methoxy groups -OCH3 is 1. The third-order valence-electron chi connectivity index (χ3n) is 7.79. The lowest BCUT2D eigenvalue weighted by Gasteiger charge is -2.48. The molecule has 0 aliphatic carbocycles. The quantitative estimate of drug-likeness (QED) is 0.469. The molecular weight excluding hydrogens is 424 g/mol. The number of carbonyl (C=O) groups is 3. The predicted octanol–water partition coefficient (Wildman–Crippen LogP) is 3.57. The SMILES string of the molecule is CC[C@H]1OC(=O)[C@H](C)C(=O)C(C)[C@@H](C(C)(C)C)[C@](C)(OC)C[C@@H](C)C(=O)[C@H](C)[C@@H](O)[C@]1(C)O. The lowest BCUT2D eigenvalue weighted by atomic mass is 9.61. The Labute approximate surface area is 199 Å². The molecule has 0 aromatic rings. The van der Waals surface area contributed by atoms with Gasteiger partial charge in [0.2, 0.25) is 0 Å². The van der Waals surface area contributed by atoms with Crippen molar-refractivity contribution in [3.8, 4) is 0 Å². The van der Waals surface area contributed by atoms with Crippen LogP contribution in [0.5, 0.6) is 0 Å². The summed E-state index contributed by atoms with van der Waals surface area (Å²) in [4.78, 5) is 39.8. The van der Waals surface area contributed by atoms with E-state index in [4.69, 9.17) is 9.47 Å². The van der Waals surface area contributed by atoms with Crippen molar-refractivity contribution in [3.63, 3.8) is 0 Å². The van der Waals surface area contributed by atoms with Crippen molar-refractivity contribution in [1.82, 2.24) is 0 Å². The number of ketones is 2. The third-order valence-corrected chi connectivity index (χ3v) is 7.79. The van der Waals surface area contributed by atoms with Crippen molar-refractivity contribution >= 4 is 17.5 Å². The summed E-state index contributed by atoms with van der Waals surface area (Å²) in [5, 5.41) is 22.1. The summed E-state index contributed by atoms with van der Waals surface area (Å²) in [6, 6.07) is 0. The first-order valence-electron chi connectivity index (χ1n) is 12.1. The summed E-state index contributed by atoms with van der Waals surface area (Å²) in [5.41, 5.74) is -3.09. The molecule has 1 aliphatic rings. The van der Waals surface area contributed by atoms with Crippen LogP contribution < -0.4 is 0 Å². The molecule has 9 atom stereocenters.